The molecule has 0 bridgehead atoms. The van der Waals surface area contributed by atoms with Gasteiger partial charge in [0.25, 0.3) is 0 Å². The number of hydrogen-bond acceptors (Lipinski definition) is 3. The second kappa shape index (κ2) is 3.39. The molecule has 1 saturated heterocycles. The molecule has 66 valence electrons. The molecule has 0 unspecified atom stereocenters. The standard InChI is InChI=1S/C8H12N2OS/c11-7-5-9-10-8(7)6-1-3-12-4-2-6/h5-6,11H,1-4H2,(H,9,10). The van der Waals surface area contributed by atoms with Crippen molar-refractivity contribution >= 4 is 11.8 Å². The van der Waals surface area contributed by atoms with Crippen LogP contribution >= 0.6 is 11.8 Å². The molecular formula is C8H12N2OS. The first-order valence-corrected chi connectivity index (χ1v) is 5.33. The van der Waals surface area contributed by atoms with Crippen LogP contribution < -0.4 is 0 Å². The van der Waals surface area contributed by atoms with Gasteiger partial charge in [0.1, 0.15) is 0 Å². The fraction of sp³-hybridized carbons (Fsp3) is 0.625. The van der Waals surface area contributed by atoms with Crippen molar-refractivity contribution in [1.29, 1.82) is 0 Å². The summed E-state index contributed by atoms with van der Waals surface area (Å²) in [6.07, 6.45) is 3.79. The number of aromatic nitrogens is 2. The zero-order chi connectivity index (χ0) is 8.39. The van der Waals surface area contributed by atoms with Crippen LogP contribution in [0.3, 0.4) is 0 Å². The number of nitrogens with one attached hydrogen (secondary N) is 1. The molecule has 0 aliphatic carbocycles. The summed E-state index contributed by atoms with van der Waals surface area (Å²) in [5.41, 5.74) is 0.926. The number of aromatic hydroxyl groups is 1. The summed E-state index contributed by atoms with van der Waals surface area (Å²) in [6.45, 7) is 0. The van der Waals surface area contributed by atoms with Crippen molar-refractivity contribution in [1.82, 2.24) is 10.2 Å². The van der Waals surface area contributed by atoms with E-state index in [1.807, 2.05) is 11.8 Å². The second-order valence-electron chi connectivity index (χ2n) is 3.06. The molecule has 4 heteroatoms. The number of aromatic amines is 1. The molecule has 1 aliphatic heterocycles. The van der Waals surface area contributed by atoms with E-state index in [-0.39, 0.29) is 0 Å². The largest absolute Gasteiger partial charge is 0.504 e. The van der Waals surface area contributed by atoms with E-state index in [2.05, 4.69) is 10.2 Å². The average Bonchev–Trinajstić information content (AvgIpc) is 2.53. The highest BCUT2D eigenvalue weighted by Gasteiger charge is 2.19. The van der Waals surface area contributed by atoms with Gasteiger partial charge in [-0.3, -0.25) is 5.10 Å². The average molecular weight is 184 g/mol. The maximum absolute atomic E-state index is 9.40. The van der Waals surface area contributed by atoms with Crippen LogP contribution in [0.15, 0.2) is 6.20 Å². The first-order valence-electron chi connectivity index (χ1n) is 4.18. The Hall–Kier alpha value is -0.640. The second-order valence-corrected chi connectivity index (χ2v) is 4.28. The van der Waals surface area contributed by atoms with Gasteiger partial charge in [0, 0.05) is 5.92 Å². The highest BCUT2D eigenvalue weighted by Crippen LogP contribution is 2.34. The highest BCUT2D eigenvalue weighted by molar-refractivity contribution is 7.99. The van der Waals surface area contributed by atoms with Gasteiger partial charge < -0.3 is 5.11 Å². The third-order valence-corrected chi connectivity index (χ3v) is 3.33. The van der Waals surface area contributed by atoms with Crippen molar-refractivity contribution in [2.24, 2.45) is 0 Å². The summed E-state index contributed by atoms with van der Waals surface area (Å²) < 4.78 is 0. The Morgan fingerprint density at radius 1 is 1.50 bits per heavy atom. The molecule has 1 aromatic rings. The van der Waals surface area contributed by atoms with Crippen molar-refractivity contribution in [2.45, 2.75) is 18.8 Å². The minimum absolute atomic E-state index is 0.326. The fourth-order valence-electron chi connectivity index (χ4n) is 1.58. The van der Waals surface area contributed by atoms with Crippen LogP contribution in [0.2, 0.25) is 0 Å². The molecular weight excluding hydrogens is 172 g/mol. The zero-order valence-electron chi connectivity index (χ0n) is 6.79. The minimum atomic E-state index is 0.326. The SMILES string of the molecule is Oc1cn[nH]c1C1CCSCC1. The summed E-state index contributed by atoms with van der Waals surface area (Å²) in [6, 6.07) is 0. The van der Waals surface area contributed by atoms with Crippen molar-refractivity contribution in [3.8, 4) is 5.75 Å². The molecule has 2 rings (SSSR count). The lowest BCUT2D eigenvalue weighted by atomic mass is 9.99. The van der Waals surface area contributed by atoms with Gasteiger partial charge in [-0.05, 0) is 24.3 Å². The molecule has 0 radical (unpaired) electrons. The molecule has 12 heavy (non-hydrogen) atoms. The summed E-state index contributed by atoms with van der Waals surface area (Å²) in [5, 5.41) is 16.1. The van der Waals surface area contributed by atoms with E-state index in [1.54, 1.807) is 0 Å². The van der Waals surface area contributed by atoms with E-state index in [4.69, 9.17) is 0 Å². The molecule has 1 aliphatic rings. The Labute approximate surface area is 75.6 Å². The number of hydrogen-bond donors (Lipinski definition) is 2. The topological polar surface area (TPSA) is 48.9 Å². The van der Waals surface area contributed by atoms with E-state index in [0.717, 1.165) is 18.5 Å². The van der Waals surface area contributed by atoms with Crippen LogP contribution in [-0.4, -0.2) is 26.8 Å². The van der Waals surface area contributed by atoms with E-state index in [1.165, 1.54) is 17.7 Å². The molecule has 2 heterocycles. The van der Waals surface area contributed by atoms with Gasteiger partial charge in [0.05, 0.1) is 11.9 Å². The molecule has 0 saturated carbocycles. The van der Waals surface area contributed by atoms with Crippen LogP contribution in [0.5, 0.6) is 5.75 Å². The van der Waals surface area contributed by atoms with Gasteiger partial charge in [-0.2, -0.15) is 16.9 Å². The molecule has 0 aromatic carbocycles. The van der Waals surface area contributed by atoms with E-state index >= 15 is 0 Å². The van der Waals surface area contributed by atoms with Crippen molar-refractivity contribution in [3.63, 3.8) is 0 Å². The summed E-state index contributed by atoms with van der Waals surface area (Å²) in [4.78, 5) is 0. The maximum atomic E-state index is 9.40. The predicted octanol–water partition coefficient (Wildman–Crippen LogP) is 1.73. The number of thioether (sulfide) groups is 1. The fourth-order valence-corrected chi connectivity index (χ4v) is 2.68. The Morgan fingerprint density at radius 3 is 2.83 bits per heavy atom. The molecule has 3 nitrogen and oxygen atoms in total. The molecule has 2 N–H and O–H groups in total. The lowest BCUT2D eigenvalue weighted by molar-refractivity contribution is 0.456. The van der Waals surface area contributed by atoms with Crippen molar-refractivity contribution < 1.29 is 5.11 Å². The van der Waals surface area contributed by atoms with Gasteiger partial charge in [-0.15, -0.1) is 0 Å². The van der Waals surface area contributed by atoms with Gasteiger partial charge in [-0.1, -0.05) is 0 Å². The first kappa shape index (κ1) is 7.98. The monoisotopic (exact) mass is 184 g/mol. The smallest absolute Gasteiger partial charge is 0.156 e. The Kier molecular flexibility index (Phi) is 2.26. The molecule has 0 atom stereocenters. The van der Waals surface area contributed by atoms with Crippen LogP contribution in [0.4, 0.5) is 0 Å². The molecule has 1 fully saturated rings. The van der Waals surface area contributed by atoms with Gasteiger partial charge >= 0.3 is 0 Å². The number of nitrogens with zero attached hydrogens (tertiary/aromatic N) is 1. The van der Waals surface area contributed by atoms with Crippen LogP contribution in [0.1, 0.15) is 24.5 Å². The van der Waals surface area contributed by atoms with Crippen LogP contribution in [0, 0.1) is 0 Å². The lowest BCUT2D eigenvalue weighted by Crippen LogP contribution is -2.08. The summed E-state index contributed by atoms with van der Waals surface area (Å²) in [7, 11) is 0. The molecule has 1 aromatic heterocycles. The van der Waals surface area contributed by atoms with Gasteiger partial charge in [0.15, 0.2) is 5.75 Å². The van der Waals surface area contributed by atoms with Crippen molar-refractivity contribution in [2.75, 3.05) is 11.5 Å². The van der Waals surface area contributed by atoms with Gasteiger partial charge in [0.2, 0.25) is 0 Å². The van der Waals surface area contributed by atoms with E-state index < -0.39 is 0 Å². The number of H-pyrrole nitrogens is 1. The summed E-state index contributed by atoms with van der Waals surface area (Å²) in [5.74, 6) is 3.22. The summed E-state index contributed by atoms with van der Waals surface area (Å²) >= 11 is 1.99. The third-order valence-electron chi connectivity index (χ3n) is 2.28. The molecule has 0 amide bonds. The van der Waals surface area contributed by atoms with E-state index in [0.29, 0.717) is 11.7 Å². The van der Waals surface area contributed by atoms with Crippen LogP contribution in [-0.2, 0) is 0 Å². The minimum Gasteiger partial charge on any atom is -0.504 e. The van der Waals surface area contributed by atoms with Gasteiger partial charge in [-0.25, -0.2) is 0 Å². The Bertz CT molecular complexity index is 255. The third kappa shape index (κ3) is 1.43. The Balaban J connectivity index is 2.13. The first-order chi connectivity index (χ1) is 5.88. The Morgan fingerprint density at radius 2 is 2.25 bits per heavy atom. The van der Waals surface area contributed by atoms with Crippen molar-refractivity contribution in [3.05, 3.63) is 11.9 Å². The van der Waals surface area contributed by atoms with Crippen LogP contribution in [0.25, 0.3) is 0 Å². The number of rotatable bonds is 1. The van der Waals surface area contributed by atoms with E-state index in [9.17, 15) is 5.11 Å². The predicted molar refractivity (Wildman–Crippen MR) is 49.6 cm³/mol. The zero-order valence-corrected chi connectivity index (χ0v) is 7.60. The normalized spacial score (nSPS) is 19.7. The quantitative estimate of drug-likeness (QED) is 0.698. The maximum Gasteiger partial charge on any atom is 0.156 e. The highest BCUT2D eigenvalue weighted by atomic mass is 32.2. The lowest BCUT2D eigenvalue weighted by Gasteiger charge is -2.19. The molecule has 0 spiro atoms.